The van der Waals surface area contributed by atoms with E-state index in [1.807, 2.05) is 18.2 Å². The minimum atomic E-state index is -0.634. The highest BCUT2D eigenvalue weighted by Crippen LogP contribution is 2.36. The highest BCUT2D eigenvalue weighted by Gasteiger charge is 2.34. The Morgan fingerprint density at radius 3 is 2.80 bits per heavy atom. The van der Waals surface area contributed by atoms with Gasteiger partial charge in [0.1, 0.15) is 17.7 Å². The number of benzene rings is 2. The monoisotopic (exact) mass is 400 g/mol. The van der Waals surface area contributed by atoms with Gasteiger partial charge in [0.2, 0.25) is 0 Å². The van der Waals surface area contributed by atoms with Crippen LogP contribution in [0.25, 0.3) is 0 Å². The van der Waals surface area contributed by atoms with Crippen LogP contribution >= 0.6 is 15.9 Å². The standard InChI is InChI=1S/C19H14BrFN2O2/c20-12-7-8-16(21)15(10-12)18-22-17-6-2-1-5-14(17)19(24)23(18)11-13-4-3-9-25-13/h1-10,18,22H,11H2/t18-/m0/s1. The van der Waals surface area contributed by atoms with Crippen LogP contribution in [0.1, 0.15) is 27.8 Å². The number of halogens is 2. The summed E-state index contributed by atoms with van der Waals surface area (Å²) < 4.78 is 20.6. The lowest BCUT2D eigenvalue weighted by Gasteiger charge is -2.37. The molecule has 1 atom stereocenters. The number of amides is 1. The number of carbonyl (C=O) groups is 1. The Hall–Kier alpha value is -2.60. The van der Waals surface area contributed by atoms with E-state index in [4.69, 9.17) is 4.42 Å². The summed E-state index contributed by atoms with van der Waals surface area (Å²) in [5.41, 5.74) is 1.64. The molecule has 1 aromatic heterocycles. The number of furan rings is 1. The first-order chi connectivity index (χ1) is 12.1. The second-order valence-corrected chi connectivity index (χ2v) is 6.69. The molecule has 4 rings (SSSR count). The van der Waals surface area contributed by atoms with Crippen molar-refractivity contribution < 1.29 is 13.6 Å². The largest absolute Gasteiger partial charge is 0.467 e. The van der Waals surface area contributed by atoms with E-state index in [2.05, 4.69) is 21.2 Å². The third-order valence-electron chi connectivity index (χ3n) is 4.18. The number of hydrogen-bond donors (Lipinski definition) is 1. The predicted octanol–water partition coefficient (Wildman–Crippen LogP) is 4.95. The molecule has 2 aromatic carbocycles. The Morgan fingerprint density at radius 2 is 2.00 bits per heavy atom. The van der Waals surface area contributed by atoms with Gasteiger partial charge in [-0.25, -0.2) is 4.39 Å². The van der Waals surface area contributed by atoms with Crippen LogP contribution in [-0.4, -0.2) is 10.8 Å². The third kappa shape index (κ3) is 2.93. The summed E-state index contributed by atoms with van der Waals surface area (Å²) in [6.07, 6.45) is 0.921. The highest BCUT2D eigenvalue weighted by molar-refractivity contribution is 9.10. The number of para-hydroxylation sites is 1. The molecule has 0 saturated heterocycles. The average Bonchev–Trinajstić information content (AvgIpc) is 3.13. The van der Waals surface area contributed by atoms with Gasteiger partial charge in [-0.3, -0.25) is 4.79 Å². The minimum Gasteiger partial charge on any atom is -0.467 e. The molecule has 0 bridgehead atoms. The number of nitrogens with zero attached hydrogens (tertiary/aromatic N) is 1. The molecule has 4 nitrogen and oxygen atoms in total. The van der Waals surface area contributed by atoms with Crippen molar-refractivity contribution in [3.05, 3.63) is 88.0 Å². The molecular formula is C19H14BrFN2O2. The summed E-state index contributed by atoms with van der Waals surface area (Å²) in [5.74, 6) is 0.0855. The molecular weight excluding hydrogens is 387 g/mol. The highest BCUT2D eigenvalue weighted by atomic mass is 79.9. The first kappa shape index (κ1) is 15.9. The van der Waals surface area contributed by atoms with E-state index >= 15 is 0 Å². The van der Waals surface area contributed by atoms with Gasteiger partial charge >= 0.3 is 0 Å². The molecule has 1 N–H and O–H groups in total. The van der Waals surface area contributed by atoms with Crippen molar-refractivity contribution in [3.63, 3.8) is 0 Å². The van der Waals surface area contributed by atoms with Gasteiger partial charge in [0, 0.05) is 15.7 Å². The predicted molar refractivity (Wildman–Crippen MR) is 95.5 cm³/mol. The average molecular weight is 401 g/mol. The zero-order valence-corrected chi connectivity index (χ0v) is 14.7. The van der Waals surface area contributed by atoms with Crippen LogP contribution in [0, 0.1) is 5.82 Å². The van der Waals surface area contributed by atoms with Crippen molar-refractivity contribution in [3.8, 4) is 0 Å². The maximum atomic E-state index is 14.5. The number of anilines is 1. The molecule has 0 spiro atoms. The molecule has 2 heterocycles. The summed E-state index contributed by atoms with van der Waals surface area (Å²) in [6.45, 7) is 0.240. The van der Waals surface area contributed by atoms with E-state index < -0.39 is 6.17 Å². The number of hydrogen-bond acceptors (Lipinski definition) is 3. The van der Waals surface area contributed by atoms with E-state index in [0.29, 0.717) is 22.6 Å². The topological polar surface area (TPSA) is 45.5 Å². The molecule has 0 fully saturated rings. The molecule has 126 valence electrons. The third-order valence-corrected chi connectivity index (χ3v) is 4.67. The summed E-state index contributed by atoms with van der Waals surface area (Å²) in [7, 11) is 0. The smallest absolute Gasteiger partial charge is 0.258 e. The molecule has 1 aliphatic heterocycles. The van der Waals surface area contributed by atoms with E-state index in [1.165, 1.54) is 6.07 Å². The van der Waals surface area contributed by atoms with Gasteiger partial charge in [-0.05, 0) is 42.5 Å². The Bertz CT molecular complexity index is 927. The van der Waals surface area contributed by atoms with Crippen LogP contribution in [0.3, 0.4) is 0 Å². The fourth-order valence-electron chi connectivity index (χ4n) is 3.00. The molecule has 3 aromatic rings. The maximum absolute atomic E-state index is 14.5. The lowest BCUT2D eigenvalue weighted by molar-refractivity contribution is 0.0648. The lowest BCUT2D eigenvalue weighted by Crippen LogP contribution is -2.42. The fourth-order valence-corrected chi connectivity index (χ4v) is 3.37. The number of rotatable bonds is 3. The normalized spacial score (nSPS) is 16.5. The van der Waals surface area contributed by atoms with Crippen LogP contribution in [0.4, 0.5) is 10.1 Å². The van der Waals surface area contributed by atoms with E-state index in [0.717, 1.165) is 4.47 Å². The summed E-state index contributed by atoms with van der Waals surface area (Å²) in [4.78, 5) is 14.6. The quantitative estimate of drug-likeness (QED) is 0.676. The molecule has 1 aliphatic rings. The summed E-state index contributed by atoms with van der Waals surface area (Å²) >= 11 is 3.37. The molecule has 0 saturated carbocycles. The molecule has 0 aliphatic carbocycles. The Balaban J connectivity index is 1.81. The van der Waals surface area contributed by atoms with Crippen molar-refractivity contribution in [2.75, 3.05) is 5.32 Å². The molecule has 1 amide bonds. The van der Waals surface area contributed by atoms with E-state index in [1.54, 1.807) is 41.5 Å². The van der Waals surface area contributed by atoms with Crippen LogP contribution in [-0.2, 0) is 6.54 Å². The molecule has 0 radical (unpaired) electrons. The number of nitrogens with one attached hydrogen (secondary N) is 1. The first-order valence-electron chi connectivity index (χ1n) is 7.77. The molecule has 25 heavy (non-hydrogen) atoms. The van der Waals surface area contributed by atoms with Gasteiger partial charge in [0.05, 0.1) is 18.4 Å². The number of fused-ring (bicyclic) bond motifs is 1. The van der Waals surface area contributed by atoms with Gasteiger partial charge in [0.15, 0.2) is 0 Å². The van der Waals surface area contributed by atoms with Crippen LogP contribution in [0.5, 0.6) is 0 Å². The second-order valence-electron chi connectivity index (χ2n) is 5.77. The first-order valence-corrected chi connectivity index (χ1v) is 8.56. The fraction of sp³-hybridized carbons (Fsp3) is 0.105. The second kappa shape index (κ2) is 6.37. The summed E-state index contributed by atoms with van der Waals surface area (Å²) in [5, 5.41) is 3.28. The van der Waals surface area contributed by atoms with Crippen molar-refractivity contribution >= 4 is 27.5 Å². The molecule has 6 heteroatoms. The van der Waals surface area contributed by atoms with Gasteiger partial charge in [0.25, 0.3) is 5.91 Å². The maximum Gasteiger partial charge on any atom is 0.258 e. The zero-order valence-electron chi connectivity index (χ0n) is 13.1. The van der Waals surface area contributed by atoms with Gasteiger partial charge < -0.3 is 14.6 Å². The van der Waals surface area contributed by atoms with E-state index in [9.17, 15) is 9.18 Å². The van der Waals surface area contributed by atoms with Crippen molar-refractivity contribution in [2.45, 2.75) is 12.7 Å². The summed E-state index contributed by atoms with van der Waals surface area (Å²) in [6, 6.07) is 15.5. The Morgan fingerprint density at radius 1 is 1.16 bits per heavy atom. The van der Waals surface area contributed by atoms with Crippen molar-refractivity contribution in [2.24, 2.45) is 0 Å². The van der Waals surface area contributed by atoms with Gasteiger partial charge in [-0.1, -0.05) is 28.1 Å². The molecule has 0 unspecified atom stereocenters. The van der Waals surface area contributed by atoms with Gasteiger partial charge in [-0.2, -0.15) is 0 Å². The van der Waals surface area contributed by atoms with Crippen LogP contribution < -0.4 is 5.32 Å². The number of carbonyl (C=O) groups excluding carboxylic acids is 1. The Labute approximate surface area is 152 Å². The minimum absolute atomic E-state index is 0.171. The van der Waals surface area contributed by atoms with Crippen molar-refractivity contribution in [1.82, 2.24) is 4.90 Å². The van der Waals surface area contributed by atoms with Gasteiger partial charge in [-0.15, -0.1) is 0 Å². The lowest BCUT2D eigenvalue weighted by atomic mass is 10.0. The van der Waals surface area contributed by atoms with Crippen LogP contribution in [0.2, 0.25) is 0 Å². The van der Waals surface area contributed by atoms with Crippen LogP contribution in [0.15, 0.2) is 69.8 Å². The van der Waals surface area contributed by atoms with Crippen molar-refractivity contribution in [1.29, 1.82) is 0 Å². The Kier molecular flexibility index (Phi) is 4.05. The SMILES string of the molecule is O=C1c2ccccc2N[C@H](c2cc(Br)ccc2F)N1Cc1ccco1. The zero-order chi connectivity index (χ0) is 17.4. The van der Waals surface area contributed by atoms with E-state index in [-0.39, 0.29) is 18.3 Å².